The topological polar surface area (TPSA) is 20.2 Å². The van der Waals surface area contributed by atoms with Crippen molar-refractivity contribution in [3.8, 4) is 11.8 Å². The smallest absolute Gasteiger partial charge is 0.115 e. The first-order chi connectivity index (χ1) is 6.56. The molecule has 0 spiro atoms. The highest BCUT2D eigenvalue weighted by Crippen LogP contribution is 2.13. The van der Waals surface area contributed by atoms with Gasteiger partial charge in [-0.15, -0.1) is 5.92 Å². The first kappa shape index (κ1) is 13.3. The van der Waals surface area contributed by atoms with Crippen LogP contribution in [0.15, 0.2) is 11.6 Å². The maximum atomic E-state index is 9.44. The first-order valence-corrected chi connectivity index (χ1v) is 5.30. The third-order valence-corrected chi connectivity index (χ3v) is 2.15. The Morgan fingerprint density at radius 3 is 2.57 bits per heavy atom. The molecule has 2 atom stereocenters. The quantitative estimate of drug-likeness (QED) is 0.526. The summed E-state index contributed by atoms with van der Waals surface area (Å²) in [6.07, 6.45) is 4.83. The summed E-state index contributed by atoms with van der Waals surface area (Å²) < 4.78 is 0. The Morgan fingerprint density at radius 2 is 2.07 bits per heavy atom. The predicted molar refractivity (Wildman–Crippen MR) is 61.9 cm³/mol. The number of aliphatic hydroxyl groups is 1. The molecule has 0 amide bonds. The molecular formula is C13H22O. The van der Waals surface area contributed by atoms with Gasteiger partial charge in [-0.2, -0.15) is 0 Å². The number of allylic oxidation sites excluding steroid dienone is 2. The first-order valence-electron chi connectivity index (χ1n) is 5.30. The van der Waals surface area contributed by atoms with Crippen molar-refractivity contribution in [1.29, 1.82) is 0 Å². The molecule has 80 valence electrons. The molecule has 0 aromatic heterocycles. The van der Waals surface area contributed by atoms with Gasteiger partial charge in [-0.05, 0) is 46.0 Å². The van der Waals surface area contributed by atoms with E-state index in [1.54, 1.807) is 6.92 Å². The SMILES string of the molecule is CC#C[C@H](O)C[C@H](C)CCC=C(C)C. The van der Waals surface area contributed by atoms with Gasteiger partial charge in [0.25, 0.3) is 0 Å². The zero-order valence-electron chi connectivity index (χ0n) is 9.80. The van der Waals surface area contributed by atoms with Crippen molar-refractivity contribution < 1.29 is 5.11 Å². The molecule has 0 fully saturated rings. The Balaban J connectivity index is 3.68. The van der Waals surface area contributed by atoms with Gasteiger partial charge in [0.05, 0.1) is 0 Å². The lowest BCUT2D eigenvalue weighted by Crippen LogP contribution is -2.09. The number of rotatable bonds is 5. The van der Waals surface area contributed by atoms with Gasteiger partial charge in [0.15, 0.2) is 0 Å². The molecule has 0 aliphatic heterocycles. The average molecular weight is 194 g/mol. The fourth-order valence-corrected chi connectivity index (χ4v) is 1.38. The molecule has 0 saturated carbocycles. The summed E-state index contributed by atoms with van der Waals surface area (Å²) in [6.45, 7) is 8.15. The van der Waals surface area contributed by atoms with Gasteiger partial charge in [0.1, 0.15) is 6.10 Å². The van der Waals surface area contributed by atoms with Crippen LogP contribution in [0.3, 0.4) is 0 Å². The minimum Gasteiger partial charge on any atom is -0.380 e. The van der Waals surface area contributed by atoms with E-state index in [9.17, 15) is 5.11 Å². The molecule has 0 saturated heterocycles. The van der Waals surface area contributed by atoms with E-state index in [4.69, 9.17) is 0 Å². The molecule has 0 rings (SSSR count). The average Bonchev–Trinajstić information content (AvgIpc) is 2.03. The van der Waals surface area contributed by atoms with Crippen LogP contribution in [-0.2, 0) is 0 Å². The van der Waals surface area contributed by atoms with E-state index in [1.807, 2.05) is 0 Å². The Bertz CT molecular complexity index is 225. The van der Waals surface area contributed by atoms with Gasteiger partial charge in [0, 0.05) is 0 Å². The lowest BCUT2D eigenvalue weighted by atomic mass is 9.98. The molecule has 0 aliphatic carbocycles. The van der Waals surface area contributed by atoms with Crippen molar-refractivity contribution in [3.63, 3.8) is 0 Å². The second-order valence-corrected chi connectivity index (χ2v) is 4.11. The molecule has 0 bridgehead atoms. The summed E-state index contributed by atoms with van der Waals surface area (Å²) in [5.41, 5.74) is 1.37. The Hall–Kier alpha value is -0.740. The summed E-state index contributed by atoms with van der Waals surface area (Å²) in [5, 5.41) is 9.44. The number of aliphatic hydroxyl groups excluding tert-OH is 1. The van der Waals surface area contributed by atoms with Crippen LogP contribution >= 0.6 is 0 Å². The molecule has 0 radical (unpaired) electrons. The molecule has 0 unspecified atom stereocenters. The maximum Gasteiger partial charge on any atom is 0.115 e. The van der Waals surface area contributed by atoms with E-state index in [-0.39, 0.29) is 0 Å². The fourth-order valence-electron chi connectivity index (χ4n) is 1.38. The minimum atomic E-state index is -0.443. The van der Waals surface area contributed by atoms with Crippen LogP contribution in [0.2, 0.25) is 0 Å². The zero-order chi connectivity index (χ0) is 11.0. The molecule has 1 nitrogen and oxygen atoms in total. The molecule has 0 aromatic carbocycles. The van der Waals surface area contributed by atoms with Crippen LogP contribution in [0.1, 0.15) is 47.0 Å². The summed E-state index contributed by atoms with van der Waals surface area (Å²) in [5.74, 6) is 6.04. The highest BCUT2D eigenvalue weighted by atomic mass is 16.3. The normalized spacial score (nSPS) is 13.8. The van der Waals surface area contributed by atoms with Crippen LogP contribution in [-0.4, -0.2) is 11.2 Å². The van der Waals surface area contributed by atoms with Gasteiger partial charge in [0.2, 0.25) is 0 Å². The predicted octanol–water partition coefficient (Wildman–Crippen LogP) is 3.14. The molecule has 14 heavy (non-hydrogen) atoms. The molecule has 0 heterocycles. The summed E-state index contributed by atoms with van der Waals surface area (Å²) in [7, 11) is 0. The van der Waals surface area contributed by atoms with Crippen LogP contribution in [0.25, 0.3) is 0 Å². The van der Waals surface area contributed by atoms with E-state index in [0.29, 0.717) is 5.92 Å². The number of hydrogen-bond donors (Lipinski definition) is 1. The lowest BCUT2D eigenvalue weighted by molar-refractivity contribution is 0.197. The van der Waals surface area contributed by atoms with Crippen molar-refractivity contribution in [2.24, 2.45) is 5.92 Å². The van der Waals surface area contributed by atoms with E-state index >= 15 is 0 Å². The van der Waals surface area contributed by atoms with Gasteiger partial charge in [-0.3, -0.25) is 0 Å². The molecule has 0 aliphatic rings. The Labute approximate surface area is 88.2 Å². The Kier molecular flexibility index (Phi) is 7.24. The van der Waals surface area contributed by atoms with Crippen LogP contribution in [0, 0.1) is 17.8 Å². The van der Waals surface area contributed by atoms with E-state index in [1.165, 1.54) is 5.57 Å². The summed E-state index contributed by atoms with van der Waals surface area (Å²) >= 11 is 0. The number of hydrogen-bond acceptors (Lipinski definition) is 1. The Morgan fingerprint density at radius 1 is 1.43 bits per heavy atom. The highest BCUT2D eigenvalue weighted by molar-refractivity contribution is 5.02. The van der Waals surface area contributed by atoms with Crippen LogP contribution < -0.4 is 0 Å². The van der Waals surface area contributed by atoms with Crippen molar-refractivity contribution in [2.45, 2.75) is 53.1 Å². The van der Waals surface area contributed by atoms with Crippen molar-refractivity contribution in [3.05, 3.63) is 11.6 Å². The van der Waals surface area contributed by atoms with Gasteiger partial charge >= 0.3 is 0 Å². The maximum absolute atomic E-state index is 9.44. The van der Waals surface area contributed by atoms with E-state index < -0.39 is 6.10 Å². The van der Waals surface area contributed by atoms with Gasteiger partial charge < -0.3 is 5.11 Å². The van der Waals surface area contributed by atoms with E-state index in [2.05, 4.69) is 38.7 Å². The van der Waals surface area contributed by atoms with Gasteiger partial charge in [-0.1, -0.05) is 24.5 Å². The minimum absolute atomic E-state index is 0.443. The third kappa shape index (κ3) is 7.89. The summed E-state index contributed by atoms with van der Waals surface area (Å²) in [6, 6.07) is 0. The highest BCUT2D eigenvalue weighted by Gasteiger charge is 2.06. The summed E-state index contributed by atoms with van der Waals surface area (Å²) in [4.78, 5) is 0. The third-order valence-electron chi connectivity index (χ3n) is 2.15. The van der Waals surface area contributed by atoms with Crippen LogP contribution in [0.5, 0.6) is 0 Å². The largest absolute Gasteiger partial charge is 0.380 e. The lowest BCUT2D eigenvalue weighted by Gasteiger charge is -2.11. The monoisotopic (exact) mass is 194 g/mol. The van der Waals surface area contributed by atoms with Crippen LogP contribution in [0.4, 0.5) is 0 Å². The second kappa shape index (κ2) is 7.64. The standard InChI is InChI=1S/C13H22O/c1-5-7-13(14)10-12(4)9-6-8-11(2)3/h8,12-14H,6,9-10H2,1-4H3/t12-,13+/m1/s1. The van der Waals surface area contributed by atoms with Crippen molar-refractivity contribution >= 4 is 0 Å². The van der Waals surface area contributed by atoms with Gasteiger partial charge in [-0.25, -0.2) is 0 Å². The fraction of sp³-hybridized carbons (Fsp3) is 0.692. The zero-order valence-corrected chi connectivity index (χ0v) is 9.80. The second-order valence-electron chi connectivity index (χ2n) is 4.11. The molecule has 1 heteroatoms. The van der Waals surface area contributed by atoms with Crippen molar-refractivity contribution in [2.75, 3.05) is 0 Å². The van der Waals surface area contributed by atoms with Crippen molar-refractivity contribution in [1.82, 2.24) is 0 Å². The molecular weight excluding hydrogens is 172 g/mol. The van der Waals surface area contributed by atoms with E-state index in [0.717, 1.165) is 19.3 Å². The molecule has 1 N–H and O–H groups in total. The molecule has 0 aromatic rings.